The van der Waals surface area contributed by atoms with Crippen molar-refractivity contribution >= 4 is 21.3 Å². The molecule has 2 aromatic rings. The molecule has 0 spiro atoms. The maximum Gasteiger partial charge on any atom is 0.183 e. The number of nitrogens with one attached hydrogen (secondary N) is 1. The van der Waals surface area contributed by atoms with Gasteiger partial charge in [0.15, 0.2) is 15.7 Å². The molecule has 0 radical (unpaired) electrons. The zero-order valence-corrected chi connectivity index (χ0v) is 16.1. The van der Waals surface area contributed by atoms with Crippen LogP contribution in [0.4, 0.5) is 11.5 Å². The van der Waals surface area contributed by atoms with E-state index in [0.717, 1.165) is 29.9 Å². The topological polar surface area (TPSA) is 92.2 Å². The van der Waals surface area contributed by atoms with E-state index < -0.39 is 9.84 Å². The van der Waals surface area contributed by atoms with Gasteiger partial charge in [-0.05, 0) is 49.8 Å². The van der Waals surface area contributed by atoms with Crippen molar-refractivity contribution in [3.05, 3.63) is 41.3 Å². The summed E-state index contributed by atoms with van der Waals surface area (Å²) < 4.78 is 25.4. The number of aryl methyl sites for hydroxylation is 1. The number of fused-ring (bicyclic) bond motifs is 1. The van der Waals surface area contributed by atoms with Crippen molar-refractivity contribution in [2.45, 2.75) is 55.8 Å². The lowest BCUT2D eigenvalue weighted by atomic mass is 10.1. The molecule has 2 heterocycles. The molecule has 144 valence electrons. The first-order valence-electron chi connectivity index (χ1n) is 9.67. The van der Waals surface area contributed by atoms with Gasteiger partial charge < -0.3 is 10.4 Å². The lowest BCUT2D eigenvalue weighted by Crippen LogP contribution is -2.22. The van der Waals surface area contributed by atoms with Gasteiger partial charge in [-0.25, -0.2) is 18.4 Å². The number of rotatable bonds is 5. The lowest BCUT2D eigenvalue weighted by molar-refractivity contribution is 0.299. The minimum Gasteiger partial charge on any atom is -0.396 e. The van der Waals surface area contributed by atoms with Crippen LogP contribution in [-0.2, 0) is 22.7 Å². The second-order valence-corrected chi connectivity index (χ2v) is 9.45. The van der Waals surface area contributed by atoms with Gasteiger partial charge in [0.2, 0.25) is 0 Å². The van der Waals surface area contributed by atoms with Gasteiger partial charge in [-0.2, -0.15) is 0 Å². The zero-order valence-electron chi connectivity index (χ0n) is 15.3. The summed E-state index contributed by atoms with van der Waals surface area (Å²) >= 11 is 0. The Hall–Kier alpha value is -1.99. The second kappa shape index (κ2) is 7.56. The smallest absolute Gasteiger partial charge is 0.183 e. The molecular weight excluding hydrogens is 362 g/mol. The molecule has 1 aliphatic heterocycles. The van der Waals surface area contributed by atoms with Crippen molar-refractivity contribution in [2.24, 2.45) is 0 Å². The van der Waals surface area contributed by atoms with E-state index in [1.165, 1.54) is 12.8 Å². The summed E-state index contributed by atoms with van der Waals surface area (Å²) in [6, 6.07) is 7.64. The molecular formula is C20H25N3O3S. The Morgan fingerprint density at radius 2 is 1.81 bits per heavy atom. The summed E-state index contributed by atoms with van der Waals surface area (Å²) in [7, 11) is -3.37. The highest BCUT2D eigenvalue weighted by Gasteiger charge is 2.32. The number of benzene rings is 1. The van der Waals surface area contributed by atoms with E-state index in [9.17, 15) is 8.42 Å². The summed E-state index contributed by atoms with van der Waals surface area (Å²) in [5, 5.41) is 12.3. The Morgan fingerprint density at radius 3 is 2.52 bits per heavy atom. The van der Waals surface area contributed by atoms with Crippen LogP contribution in [-0.4, -0.2) is 35.9 Å². The van der Waals surface area contributed by atoms with Gasteiger partial charge in [0.25, 0.3) is 0 Å². The summed E-state index contributed by atoms with van der Waals surface area (Å²) in [6.45, 7) is 0.106. The molecule has 7 heteroatoms. The zero-order chi connectivity index (χ0) is 18.9. The molecule has 0 amide bonds. The molecule has 1 saturated carbocycles. The molecule has 1 aromatic heterocycles. The number of aromatic nitrogens is 2. The highest BCUT2D eigenvalue weighted by atomic mass is 32.2. The number of hydrogen-bond acceptors (Lipinski definition) is 6. The highest BCUT2D eigenvalue weighted by molar-refractivity contribution is 7.91. The molecule has 1 fully saturated rings. The lowest BCUT2D eigenvalue weighted by Gasteiger charge is -2.21. The van der Waals surface area contributed by atoms with Crippen molar-refractivity contribution < 1.29 is 13.5 Å². The predicted octanol–water partition coefficient (Wildman–Crippen LogP) is 3.13. The van der Waals surface area contributed by atoms with Crippen LogP contribution in [0.2, 0.25) is 0 Å². The molecule has 1 aliphatic carbocycles. The van der Waals surface area contributed by atoms with Crippen molar-refractivity contribution in [3.8, 4) is 0 Å². The van der Waals surface area contributed by atoms with E-state index in [-0.39, 0.29) is 17.3 Å². The average Bonchev–Trinajstić information content (AvgIpc) is 3.17. The van der Waals surface area contributed by atoms with Gasteiger partial charge in [0.1, 0.15) is 10.7 Å². The summed E-state index contributed by atoms with van der Waals surface area (Å²) in [4.78, 5) is 9.62. The minimum absolute atomic E-state index is 0.106. The van der Waals surface area contributed by atoms with Gasteiger partial charge in [-0.1, -0.05) is 25.0 Å². The third-order valence-corrected chi connectivity index (χ3v) is 7.31. The first kappa shape index (κ1) is 18.4. The van der Waals surface area contributed by atoms with Gasteiger partial charge in [0, 0.05) is 18.2 Å². The molecule has 6 nitrogen and oxygen atoms in total. The summed E-state index contributed by atoms with van der Waals surface area (Å²) in [5.74, 6) is 1.67. The van der Waals surface area contributed by atoms with Crippen LogP contribution in [0.5, 0.6) is 0 Å². The third kappa shape index (κ3) is 3.84. The van der Waals surface area contributed by atoms with Crippen molar-refractivity contribution in [1.82, 2.24) is 9.97 Å². The van der Waals surface area contributed by atoms with Crippen LogP contribution in [0, 0.1) is 0 Å². The quantitative estimate of drug-likeness (QED) is 0.819. The standard InChI is InChI=1S/C20H25N3O3S/c24-12-11-14-7-9-16(10-8-14)21-20-18-17(6-3-13-27(18,25)26)22-19(23-20)15-4-1-2-5-15/h7-10,15,24H,1-6,11-13H2,(H,21,22,23). The van der Waals surface area contributed by atoms with E-state index in [1.54, 1.807) is 0 Å². The average molecular weight is 388 g/mol. The van der Waals surface area contributed by atoms with E-state index >= 15 is 0 Å². The van der Waals surface area contributed by atoms with Crippen LogP contribution in [0.3, 0.4) is 0 Å². The largest absolute Gasteiger partial charge is 0.396 e. The van der Waals surface area contributed by atoms with Crippen molar-refractivity contribution in [1.29, 1.82) is 0 Å². The van der Waals surface area contributed by atoms with Crippen molar-refractivity contribution in [3.63, 3.8) is 0 Å². The molecule has 2 aliphatic rings. The number of sulfone groups is 1. The molecule has 1 aromatic carbocycles. The third-order valence-electron chi connectivity index (χ3n) is 5.43. The monoisotopic (exact) mass is 387 g/mol. The first-order chi connectivity index (χ1) is 13.1. The molecule has 0 unspecified atom stereocenters. The van der Waals surface area contributed by atoms with E-state index in [1.807, 2.05) is 24.3 Å². The number of aliphatic hydroxyl groups is 1. The Balaban J connectivity index is 1.73. The summed E-state index contributed by atoms with van der Waals surface area (Å²) in [6.07, 6.45) is 6.40. The second-order valence-electron chi connectivity index (χ2n) is 7.41. The Labute approximate surface area is 160 Å². The van der Waals surface area contributed by atoms with Crippen LogP contribution >= 0.6 is 0 Å². The number of aliphatic hydroxyl groups excluding tert-OH is 1. The molecule has 0 atom stereocenters. The fourth-order valence-corrected chi connectivity index (χ4v) is 5.64. The van der Waals surface area contributed by atoms with Gasteiger partial charge in [0.05, 0.1) is 11.4 Å². The van der Waals surface area contributed by atoms with Crippen LogP contribution in [0.15, 0.2) is 29.2 Å². The van der Waals surface area contributed by atoms with Gasteiger partial charge in [-0.15, -0.1) is 0 Å². The predicted molar refractivity (Wildman–Crippen MR) is 104 cm³/mol. The molecule has 2 N–H and O–H groups in total. The van der Waals surface area contributed by atoms with Crippen LogP contribution < -0.4 is 5.32 Å². The van der Waals surface area contributed by atoms with Crippen molar-refractivity contribution in [2.75, 3.05) is 17.7 Å². The van der Waals surface area contributed by atoms with Crippen LogP contribution in [0.25, 0.3) is 0 Å². The molecule has 27 heavy (non-hydrogen) atoms. The normalized spacial score (nSPS) is 19.0. The Morgan fingerprint density at radius 1 is 1.07 bits per heavy atom. The Kier molecular flexibility index (Phi) is 5.14. The van der Waals surface area contributed by atoms with Crippen LogP contribution in [0.1, 0.15) is 55.1 Å². The van der Waals surface area contributed by atoms with Gasteiger partial charge in [-0.3, -0.25) is 0 Å². The molecule has 0 bridgehead atoms. The first-order valence-corrected chi connectivity index (χ1v) is 11.3. The maximum absolute atomic E-state index is 12.7. The summed E-state index contributed by atoms with van der Waals surface area (Å²) in [5.41, 5.74) is 2.49. The van der Waals surface area contributed by atoms with E-state index in [0.29, 0.717) is 36.7 Å². The number of anilines is 2. The fourth-order valence-electron chi connectivity index (χ4n) is 4.02. The Bertz CT molecular complexity index is 920. The number of nitrogens with zero attached hydrogens (tertiary/aromatic N) is 2. The minimum atomic E-state index is -3.37. The van der Waals surface area contributed by atoms with Gasteiger partial charge >= 0.3 is 0 Å². The van der Waals surface area contributed by atoms with E-state index in [4.69, 9.17) is 5.11 Å². The van der Waals surface area contributed by atoms with E-state index in [2.05, 4.69) is 15.3 Å². The fraction of sp³-hybridized carbons (Fsp3) is 0.500. The number of hydrogen-bond donors (Lipinski definition) is 2. The SMILES string of the molecule is O=S1(=O)CCCc2nc(C3CCCC3)nc(Nc3ccc(CCO)cc3)c21. The highest BCUT2D eigenvalue weighted by Crippen LogP contribution is 2.37. The maximum atomic E-state index is 12.7. The molecule has 4 rings (SSSR count). The molecule has 0 saturated heterocycles.